The highest BCUT2D eigenvalue weighted by molar-refractivity contribution is 5.85. The first-order valence-corrected chi connectivity index (χ1v) is 8.79. The average Bonchev–Trinajstić information content (AvgIpc) is 2.63. The van der Waals surface area contributed by atoms with E-state index in [4.69, 9.17) is 0 Å². The number of fused-ring (bicyclic) bond motifs is 2. The van der Waals surface area contributed by atoms with Crippen LogP contribution in [0, 0.1) is 0 Å². The van der Waals surface area contributed by atoms with Crippen LogP contribution in [0.4, 0.5) is 0 Å². The summed E-state index contributed by atoms with van der Waals surface area (Å²) in [7, 11) is 6.10. The van der Waals surface area contributed by atoms with Crippen molar-refractivity contribution in [2.45, 2.75) is 25.3 Å². The SMILES string of the molecule is CN(C)[C@@H]1CCCc2c(-c3ccc4c(ccc(=O)n4C)c3)cncc21. The van der Waals surface area contributed by atoms with Crippen molar-refractivity contribution in [1.29, 1.82) is 0 Å². The molecule has 0 bridgehead atoms. The van der Waals surface area contributed by atoms with Crippen LogP contribution >= 0.6 is 0 Å². The van der Waals surface area contributed by atoms with E-state index in [9.17, 15) is 4.79 Å². The van der Waals surface area contributed by atoms with Gasteiger partial charge in [0.2, 0.25) is 0 Å². The second kappa shape index (κ2) is 6.12. The number of aromatic nitrogens is 2. The Bertz CT molecular complexity index is 1000. The lowest BCUT2D eigenvalue weighted by atomic mass is 9.84. The Labute approximate surface area is 147 Å². The van der Waals surface area contributed by atoms with Crippen LogP contribution in [-0.2, 0) is 13.5 Å². The van der Waals surface area contributed by atoms with E-state index in [0.717, 1.165) is 17.3 Å². The summed E-state index contributed by atoms with van der Waals surface area (Å²) in [5, 5.41) is 1.08. The van der Waals surface area contributed by atoms with Crippen molar-refractivity contribution in [3.63, 3.8) is 0 Å². The molecule has 1 aromatic carbocycles. The molecule has 2 aromatic heterocycles. The van der Waals surface area contributed by atoms with Crippen LogP contribution in [0.3, 0.4) is 0 Å². The number of benzene rings is 1. The number of hydrogen-bond acceptors (Lipinski definition) is 3. The topological polar surface area (TPSA) is 38.1 Å². The summed E-state index contributed by atoms with van der Waals surface area (Å²) < 4.78 is 1.69. The molecule has 0 saturated heterocycles. The molecule has 0 spiro atoms. The molecule has 0 amide bonds. The van der Waals surface area contributed by atoms with Gasteiger partial charge in [0.05, 0.1) is 5.52 Å². The minimum atomic E-state index is 0.0211. The zero-order valence-electron chi connectivity index (χ0n) is 15.0. The van der Waals surface area contributed by atoms with Crippen LogP contribution in [-0.4, -0.2) is 28.5 Å². The van der Waals surface area contributed by atoms with Gasteiger partial charge >= 0.3 is 0 Å². The Morgan fingerprint density at radius 3 is 2.80 bits per heavy atom. The van der Waals surface area contributed by atoms with Gasteiger partial charge in [-0.2, -0.15) is 0 Å². The van der Waals surface area contributed by atoms with Crippen molar-refractivity contribution in [2.75, 3.05) is 14.1 Å². The molecule has 4 heteroatoms. The van der Waals surface area contributed by atoms with Gasteiger partial charge in [0, 0.05) is 37.1 Å². The van der Waals surface area contributed by atoms with E-state index in [1.165, 1.54) is 35.1 Å². The van der Waals surface area contributed by atoms with Crippen LogP contribution in [0.25, 0.3) is 22.0 Å². The number of pyridine rings is 2. The third kappa shape index (κ3) is 2.67. The second-order valence-corrected chi connectivity index (χ2v) is 7.13. The first-order valence-electron chi connectivity index (χ1n) is 8.79. The molecule has 128 valence electrons. The summed E-state index contributed by atoms with van der Waals surface area (Å²) >= 11 is 0. The summed E-state index contributed by atoms with van der Waals surface area (Å²) in [6.07, 6.45) is 7.51. The first kappa shape index (κ1) is 16.0. The number of rotatable bonds is 2. The van der Waals surface area contributed by atoms with Gasteiger partial charge in [0.1, 0.15) is 0 Å². The maximum absolute atomic E-state index is 11.8. The van der Waals surface area contributed by atoms with Gasteiger partial charge in [-0.25, -0.2) is 0 Å². The molecule has 3 aromatic rings. The summed E-state index contributed by atoms with van der Waals surface area (Å²) in [5.41, 5.74) is 6.15. The molecule has 0 fully saturated rings. The van der Waals surface area contributed by atoms with Crippen molar-refractivity contribution >= 4 is 10.9 Å². The smallest absolute Gasteiger partial charge is 0.250 e. The average molecular weight is 333 g/mol. The van der Waals surface area contributed by atoms with E-state index in [-0.39, 0.29) is 5.56 Å². The van der Waals surface area contributed by atoms with Crippen LogP contribution in [0.1, 0.15) is 30.0 Å². The third-order valence-corrected chi connectivity index (χ3v) is 5.41. The lowest BCUT2D eigenvalue weighted by Gasteiger charge is -2.31. The Morgan fingerprint density at radius 2 is 2.00 bits per heavy atom. The highest BCUT2D eigenvalue weighted by Gasteiger charge is 2.24. The van der Waals surface area contributed by atoms with E-state index in [0.29, 0.717) is 6.04 Å². The highest BCUT2D eigenvalue weighted by atomic mass is 16.1. The van der Waals surface area contributed by atoms with Crippen LogP contribution < -0.4 is 5.56 Å². The number of hydrogen-bond donors (Lipinski definition) is 0. The van der Waals surface area contributed by atoms with Crippen molar-refractivity contribution in [1.82, 2.24) is 14.5 Å². The predicted octanol–water partition coefficient (Wildman–Crippen LogP) is 3.54. The maximum Gasteiger partial charge on any atom is 0.250 e. The Morgan fingerprint density at radius 1 is 1.16 bits per heavy atom. The lowest BCUT2D eigenvalue weighted by molar-refractivity contribution is 0.268. The maximum atomic E-state index is 11.8. The van der Waals surface area contributed by atoms with E-state index in [1.807, 2.05) is 31.6 Å². The second-order valence-electron chi connectivity index (χ2n) is 7.13. The molecule has 1 aliphatic carbocycles. The normalized spacial score (nSPS) is 17.0. The third-order valence-electron chi connectivity index (χ3n) is 5.41. The molecule has 2 heterocycles. The van der Waals surface area contributed by atoms with Gasteiger partial charge in [0.25, 0.3) is 5.56 Å². The molecule has 1 aliphatic rings. The van der Waals surface area contributed by atoms with Crippen molar-refractivity contribution in [3.05, 3.63) is 64.2 Å². The monoisotopic (exact) mass is 333 g/mol. The van der Waals surface area contributed by atoms with Gasteiger partial charge in [-0.3, -0.25) is 9.78 Å². The van der Waals surface area contributed by atoms with Gasteiger partial charge in [0.15, 0.2) is 0 Å². The molecule has 25 heavy (non-hydrogen) atoms. The fourth-order valence-corrected chi connectivity index (χ4v) is 4.04. The summed E-state index contributed by atoms with van der Waals surface area (Å²) in [5.74, 6) is 0. The van der Waals surface area contributed by atoms with E-state index >= 15 is 0 Å². The van der Waals surface area contributed by atoms with Gasteiger partial charge < -0.3 is 9.47 Å². The predicted molar refractivity (Wildman–Crippen MR) is 102 cm³/mol. The molecule has 0 aliphatic heterocycles. The summed E-state index contributed by atoms with van der Waals surface area (Å²) in [6, 6.07) is 10.3. The van der Waals surface area contributed by atoms with Crippen LogP contribution in [0.2, 0.25) is 0 Å². The van der Waals surface area contributed by atoms with E-state index < -0.39 is 0 Å². The van der Waals surface area contributed by atoms with Crippen molar-refractivity contribution < 1.29 is 0 Å². The summed E-state index contributed by atoms with van der Waals surface area (Å²) in [4.78, 5) is 18.7. The molecule has 0 saturated carbocycles. The van der Waals surface area contributed by atoms with Crippen LogP contribution in [0.5, 0.6) is 0 Å². The fourth-order valence-electron chi connectivity index (χ4n) is 4.04. The zero-order valence-corrected chi connectivity index (χ0v) is 15.0. The van der Waals surface area contributed by atoms with Gasteiger partial charge in [-0.15, -0.1) is 0 Å². The number of nitrogens with zero attached hydrogens (tertiary/aromatic N) is 3. The molecule has 4 nitrogen and oxygen atoms in total. The Hall–Kier alpha value is -2.46. The summed E-state index contributed by atoms with van der Waals surface area (Å²) in [6.45, 7) is 0. The quantitative estimate of drug-likeness (QED) is 0.720. The minimum Gasteiger partial charge on any atom is -0.311 e. The molecule has 4 rings (SSSR count). The van der Waals surface area contributed by atoms with Crippen molar-refractivity contribution in [2.24, 2.45) is 7.05 Å². The zero-order chi connectivity index (χ0) is 17.6. The van der Waals surface area contributed by atoms with E-state index in [2.05, 4.69) is 36.1 Å². The molecule has 0 N–H and O–H groups in total. The highest BCUT2D eigenvalue weighted by Crippen LogP contribution is 2.38. The minimum absolute atomic E-state index is 0.0211. The molecule has 0 unspecified atom stereocenters. The standard InChI is InChI=1S/C21H23N3O/c1-23(2)20-6-4-5-16-17(12-22-13-18(16)20)14-7-9-19-15(11-14)8-10-21(25)24(19)3/h7-13,20H,4-6H2,1-3H3/t20-/m1/s1. The lowest BCUT2D eigenvalue weighted by Crippen LogP contribution is -2.24. The van der Waals surface area contributed by atoms with Crippen molar-refractivity contribution in [3.8, 4) is 11.1 Å². The molecular formula is C21H23N3O. The molecule has 1 atom stereocenters. The van der Waals surface area contributed by atoms with Gasteiger partial charge in [-0.1, -0.05) is 6.07 Å². The molecule has 0 radical (unpaired) electrons. The Balaban J connectivity index is 1.88. The largest absolute Gasteiger partial charge is 0.311 e. The molecular weight excluding hydrogens is 310 g/mol. The van der Waals surface area contributed by atoms with Gasteiger partial charge in [-0.05, 0) is 73.6 Å². The fraction of sp³-hybridized carbons (Fsp3) is 0.333. The Kier molecular flexibility index (Phi) is 3.92. The van der Waals surface area contributed by atoms with Crippen LogP contribution in [0.15, 0.2) is 47.5 Å². The van der Waals surface area contributed by atoms with E-state index in [1.54, 1.807) is 10.6 Å². The first-order chi connectivity index (χ1) is 12.1. The number of aryl methyl sites for hydroxylation is 1.